The van der Waals surface area contributed by atoms with E-state index in [0.717, 1.165) is 11.3 Å². The van der Waals surface area contributed by atoms with Crippen molar-refractivity contribution in [3.8, 4) is 17.0 Å². The molecule has 0 unspecified atom stereocenters. The molecule has 6 heteroatoms. The number of rotatable bonds is 6. The molecule has 0 amide bonds. The molecule has 20 heavy (non-hydrogen) atoms. The van der Waals surface area contributed by atoms with E-state index >= 15 is 0 Å². The maximum absolute atomic E-state index is 5.65. The molecule has 2 aromatic rings. The van der Waals surface area contributed by atoms with E-state index in [-0.39, 0.29) is 5.95 Å². The highest BCUT2D eigenvalue weighted by Crippen LogP contribution is 2.22. The van der Waals surface area contributed by atoms with Crippen LogP contribution in [0.25, 0.3) is 11.3 Å². The van der Waals surface area contributed by atoms with Crippen molar-refractivity contribution in [2.24, 2.45) is 0 Å². The number of nitrogen functional groups attached to an aromatic ring is 2. The van der Waals surface area contributed by atoms with Crippen LogP contribution in [0.3, 0.4) is 0 Å². The predicted molar refractivity (Wildman–Crippen MR) is 78.3 cm³/mol. The molecule has 1 heterocycles. The van der Waals surface area contributed by atoms with E-state index < -0.39 is 0 Å². The zero-order chi connectivity index (χ0) is 14.4. The van der Waals surface area contributed by atoms with Crippen molar-refractivity contribution >= 4 is 11.8 Å². The summed E-state index contributed by atoms with van der Waals surface area (Å²) in [6.45, 7) is 3.75. The van der Waals surface area contributed by atoms with Crippen LogP contribution in [-0.4, -0.2) is 29.8 Å². The highest BCUT2D eigenvalue weighted by atomic mass is 16.5. The zero-order valence-electron chi connectivity index (χ0n) is 11.4. The standard InChI is InChI=1S/C14H18N4O2/c1-2-19-7-8-20-11-5-3-10(4-6-11)12-9-13(15)18-14(16)17-12/h3-6,9H,2,7-8H2,1H3,(H4,15,16,17,18). The molecule has 0 saturated heterocycles. The first-order valence-corrected chi connectivity index (χ1v) is 6.40. The van der Waals surface area contributed by atoms with E-state index in [0.29, 0.717) is 31.3 Å². The van der Waals surface area contributed by atoms with E-state index in [1.54, 1.807) is 6.07 Å². The van der Waals surface area contributed by atoms with E-state index in [9.17, 15) is 0 Å². The Balaban J connectivity index is 2.04. The molecule has 0 spiro atoms. The summed E-state index contributed by atoms with van der Waals surface area (Å²) < 4.78 is 10.7. The number of benzene rings is 1. The van der Waals surface area contributed by atoms with Gasteiger partial charge >= 0.3 is 0 Å². The van der Waals surface area contributed by atoms with E-state index in [2.05, 4.69) is 9.97 Å². The Kier molecular flexibility index (Phi) is 4.73. The third kappa shape index (κ3) is 3.83. The number of ether oxygens (including phenoxy) is 2. The van der Waals surface area contributed by atoms with Crippen LogP contribution < -0.4 is 16.2 Å². The Morgan fingerprint density at radius 2 is 1.80 bits per heavy atom. The molecule has 0 fully saturated rings. The van der Waals surface area contributed by atoms with Crippen LogP contribution in [0.1, 0.15) is 6.92 Å². The van der Waals surface area contributed by atoms with Gasteiger partial charge in [0, 0.05) is 18.2 Å². The fourth-order valence-corrected chi connectivity index (χ4v) is 1.72. The second kappa shape index (κ2) is 6.72. The van der Waals surface area contributed by atoms with Crippen molar-refractivity contribution in [3.63, 3.8) is 0 Å². The summed E-state index contributed by atoms with van der Waals surface area (Å²) in [4.78, 5) is 7.99. The first kappa shape index (κ1) is 14.1. The minimum absolute atomic E-state index is 0.164. The van der Waals surface area contributed by atoms with Crippen molar-refractivity contribution < 1.29 is 9.47 Å². The first-order valence-electron chi connectivity index (χ1n) is 6.40. The Morgan fingerprint density at radius 1 is 1.05 bits per heavy atom. The Hall–Kier alpha value is -2.34. The summed E-state index contributed by atoms with van der Waals surface area (Å²) in [7, 11) is 0. The third-order valence-electron chi connectivity index (χ3n) is 2.61. The van der Waals surface area contributed by atoms with Gasteiger partial charge in [-0.2, -0.15) is 4.98 Å². The maximum Gasteiger partial charge on any atom is 0.222 e. The van der Waals surface area contributed by atoms with Gasteiger partial charge in [0.05, 0.1) is 12.3 Å². The zero-order valence-corrected chi connectivity index (χ0v) is 11.4. The Morgan fingerprint density at radius 3 is 2.45 bits per heavy atom. The number of hydrogen-bond donors (Lipinski definition) is 2. The molecule has 106 valence electrons. The summed E-state index contributed by atoms with van der Waals surface area (Å²) in [5, 5.41) is 0. The second-order valence-electron chi connectivity index (χ2n) is 4.11. The van der Waals surface area contributed by atoms with Gasteiger partial charge in [0.1, 0.15) is 18.2 Å². The molecule has 0 bridgehead atoms. The fourth-order valence-electron chi connectivity index (χ4n) is 1.72. The molecular formula is C14H18N4O2. The van der Waals surface area contributed by atoms with Gasteiger partial charge in [-0.15, -0.1) is 0 Å². The van der Waals surface area contributed by atoms with Crippen LogP contribution in [0.5, 0.6) is 5.75 Å². The minimum Gasteiger partial charge on any atom is -0.491 e. The lowest BCUT2D eigenvalue weighted by atomic mass is 10.1. The second-order valence-corrected chi connectivity index (χ2v) is 4.11. The number of hydrogen-bond acceptors (Lipinski definition) is 6. The van der Waals surface area contributed by atoms with Crippen LogP contribution in [-0.2, 0) is 4.74 Å². The van der Waals surface area contributed by atoms with Gasteiger partial charge in [-0.1, -0.05) is 0 Å². The van der Waals surface area contributed by atoms with Crippen LogP contribution in [0, 0.1) is 0 Å². The first-order chi connectivity index (χ1) is 9.69. The third-order valence-corrected chi connectivity index (χ3v) is 2.61. The highest BCUT2D eigenvalue weighted by molar-refractivity contribution is 5.63. The molecule has 0 aliphatic carbocycles. The lowest BCUT2D eigenvalue weighted by Gasteiger charge is -2.07. The largest absolute Gasteiger partial charge is 0.491 e. The summed E-state index contributed by atoms with van der Waals surface area (Å²) in [6.07, 6.45) is 0. The predicted octanol–water partition coefficient (Wildman–Crippen LogP) is 1.72. The average molecular weight is 274 g/mol. The summed E-state index contributed by atoms with van der Waals surface area (Å²) in [5.74, 6) is 1.30. The molecule has 2 rings (SSSR count). The molecule has 0 saturated carbocycles. The lowest BCUT2D eigenvalue weighted by Crippen LogP contribution is -2.06. The van der Waals surface area contributed by atoms with Crippen molar-refractivity contribution in [2.45, 2.75) is 6.92 Å². The molecule has 0 atom stereocenters. The van der Waals surface area contributed by atoms with Crippen molar-refractivity contribution in [2.75, 3.05) is 31.3 Å². The van der Waals surface area contributed by atoms with Crippen LogP contribution in [0.2, 0.25) is 0 Å². The van der Waals surface area contributed by atoms with Gasteiger partial charge in [0.2, 0.25) is 5.95 Å². The smallest absolute Gasteiger partial charge is 0.222 e. The van der Waals surface area contributed by atoms with Gasteiger partial charge in [0.15, 0.2) is 0 Å². The monoisotopic (exact) mass is 274 g/mol. The normalized spacial score (nSPS) is 10.4. The molecule has 0 aliphatic rings. The SMILES string of the molecule is CCOCCOc1ccc(-c2cc(N)nc(N)n2)cc1. The topological polar surface area (TPSA) is 96.3 Å². The maximum atomic E-state index is 5.65. The van der Waals surface area contributed by atoms with Gasteiger partial charge in [-0.25, -0.2) is 4.98 Å². The molecule has 4 N–H and O–H groups in total. The quantitative estimate of drug-likeness (QED) is 0.779. The lowest BCUT2D eigenvalue weighted by molar-refractivity contribution is 0.110. The number of nitrogens with zero attached hydrogens (tertiary/aromatic N) is 2. The van der Waals surface area contributed by atoms with Gasteiger partial charge < -0.3 is 20.9 Å². The molecule has 1 aromatic heterocycles. The van der Waals surface area contributed by atoms with Gasteiger partial charge in [-0.3, -0.25) is 0 Å². The van der Waals surface area contributed by atoms with Crippen LogP contribution >= 0.6 is 0 Å². The minimum atomic E-state index is 0.164. The van der Waals surface area contributed by atoms with Gasteiger partial charge in [0.25, 0.3) is 0 Å². The fraction of sp³-hybridized carbons (Fsp3) is 0.286. The van der Waals surface area contributed by atoms with Crippen LogP contribution in [0.4, 0.5) is 11.8 Å². The highest BCUT2D eigenvalue weighted by Gasteiger charge is 2.03. The Bertz CT molecular complexity index is 537. The Labute approximate surface area is 117 Å². The number of aromatic nitrogens is 2. The number of anilines is 2. The van der Waals surface area contributed by atoms with Crippen molar-refractivity contribution in [1.82, 2.24) is 9.97 Å². The molecule has 0 aliphatic heterocycles. The summed E-state index contributed by atoms with van der Waals surface area (Å²) in [6, 6.07) is 9.22. The van der Waals surface area contributed by atoms with E-state index in [1.165, 1.54) is 0 Å². The van der Waals surface area contributed by atoms with E-state index in [4.69, 9.17) is 20.9 Å². The summed E-state index contributed by atoms with van der Waals surface area (Å²) in [5.41, 5.74) is 12.8. The van der Waals surface area contributed by atoms with Gasteiger partial charge in [-0.05, 0) is 31.2 Å². The molecular weight excluding hydrogens is 256 g/mol. The van der Waals surface area contributed by atoms with Crippen molar-refractivity contribution in [3.05, 3.63) is 30.3 Å². The van der Waals surface area contributed by atoms with Crippen LogP contribution in [0.15, 0.2) is 30.3 Å². The molecule has 1 aromatic carbocycles. The number of nitrogens with two attached hydrogens (primary N) is 2. The molecule has 0 radical (unpaired) electrons. The molecule has 6 nitrogen and oxygen atoms in total. The summed E-state index contributed by atoms with van der Waals surface area (Å²) >= 11 is 0. The van der Waals surface area contributed by atoms with E-state index in [1.807, 2.05) is 31.2 Å². The average Bonchev–Trinajstić information content (AvgIpc) is 2.43. The van der Waals surface area contributed by atoms with Crippen molar-refractivity contribution in [1.29, 1.82) is 0 Å².